The van der Waals surface area contributed by atoms with Crippen molar-refractivity contribution in [1.29, 1.82) is 5.26 Å². The minimum absolute atomic E-state index is 0.272. The van der Waals surface area contributed by atoms with Gasteiger partial charge in [-0.25, -0.2) is 14.4 Å². The molecule has 0 aliphatic heterocycles. The summed E-state index contributed by atoms with van der Waals surface area (Å²) in [6, 6.07) is 6.09. The second-order valence-electron chi connectivity index (χ2n) is 3.82. The third-order valence-electron chi connectivity index (χ3n) is 2.50. The summed E-state index contributed by atoms with van der Waals surface area (Å²) in [7, 11) is 1.71. The van der Waals surface area contributed by atoms with Crippen LogP contribution < -0.4 is 5.32 Å². The highest BCUT2D eigenvalue weighted by molar-refractivity contribution is 5.65. The lowest BCUT2D eigenvalue weighted by molar-refractivity contribution is 0.628. The summed E-state index contributed by atoms with van der Waals surface area (Å²) in [5, 5.41) is 11.7. The summed E-state index contributed by atoms with van der Waals surface area (Å²) in [5.41, 5.74) is 2.28. The molecule has 0 fully saturated rings. The number of hydrogen-bond acceptors (Lipinski definition) is 4. The molecule has 0 saturated carbocycles. The lowest BCUT2D eigenvalue weighted by Crippen LogP contribution is -1.99. The Kier molecular flexibility index (Phi) is 3.20. The normalized spacial score (nSPS) is 9.89. The van der Waals surface area contributed by atoms with Gasteiger partial charge in [-0.05, 0) is 30.7 Å². The lowest BCUT2D eigenvalue weighted by Gasteiger charge is -2.07. The minimum atomic E-state index is -0.451. The van der Waals surface area contributed by atoms with Gasteiger partial charge in [-0.2, -0.15) is 5.26 Å². The zero-order chi connectivity index (χ0) is 13.1. The third kappa shape index (κ3) is 2.28. The summed E-state index contributed by atoms with van der Waals surface area (Å²) in [6.45, 7) is 1.84. The number of anilines is 1. The maximum atomic E-state index is 13.4. The van der Waals surface area contributed by atoms with Crippen LogP contribution in [-0.4, -0.2) is 17.0 Å². The first-order valence-corrected chi connectivity index (χ1v) is 5.36. The molecule has 1 heterocycles. The SMILES string of the molecule is CNc1ncc(C)c(-c2cc(F)cc(C#N)c2)n1. The van der Waals surface area contributed by atoms with Crippen LogP contribution in [-0.2, 0) is 0 Å². The number of benzene rings is 1. The Balaban J connectivity index is 2.61. The highest BCUT2D eigenvalue weighted by Crippen LogP contribution is 2.23. The number of hydrogen-bond donors (Lipinski definition) is 1. The van der Waals surface area contributed by atoms with E-state index in [0.29, 0.717) is 17.2 Å². The van der Waals surface area contributed by atoms with Crippen molar-refractivity contribution in [3.8, 4) is 17.3 Å². The minimum Gasteiger partial charge on any atom is -0.357 e. The van der Waals surface area contributed by atoms with Crippen molar-refractivity contribution in [2.24, 2.45) is 0 Å². The zero-order valence-corrected chi connectivity index (χ0v) is 10.0. The van der Waals surface area contributed by atoms with Crippen LogP contribution in [0.3, 0.4) is 0 Å². The number of rotatable bonds is 2. The molecule has 2 rings (SSSR count). The fraction of sp³-hybridized carbons (Fsp3) is 0.154. The number of halogens is 1. The fourth-order valence-electron chi connectivity index (χ4n) is 1.65. The quantitative estimate of drug-likeness (QED) is 0.878. The van der Waals surface area contributed by atoms with Crippen LogP contribution in [0.15, 0.2) is 24.4 Å². The number of nitriles is 1. The lowest BCUT2D eigenvalue weighted by atomic mass is 10.1. The predicted molar refractivity (Wildman–Crippen MR) is 66.4 cm³/mol. The summed E-state index contributed by atoms with van der Waals surface area (Å²) in [6.07, 6.45) is 1.66. The molecule has 0 aliphatic rings. The molecule has 1 N–H and O–H groups in total. The summed E-state index contributed by atoms with van der Waals surface area (Å²) in [5.74, 6) is 0.00596. The van der Waals surface area contributed by atoms with Crippen LogP contribution in [0.5, 0.6) is 0 Å². The first-order chi connectivity index (χ1) is 8.63. The van der Waals surface area contributed by atoms with Gasteiger partial charge < -0.3 is 5.32 Å². The van der Waals surface area contributed by atoms with Crippen molar-refractivity contribution in [3.05, 3.63) is 41.3 Å². The van der Waals surface area contributed by atoms with Crippen LogP contribution in [0.4, 0.5) is 10.3 Å². The van der Waals surface area contributed by atoms with E-state index >= 15 is 0 Å². The Labute approximate surface area is 104 Å². The number of aryl methyl sites for hydroxylation is 1. The van der Waals surface area contributed by atoms with Crippen LogP contribution in [0, 0.1) is 24.1 Å². The van der Waals surface area contributed by atoms with Crippen molar-refractivity contribution in [1.82, 2.24) is 9.97 Å². The second-order valence-corrected chi connectivity index (χ2v) is 3.82. The first kappa shape index (κ1) is 12.0. The van der Waals surface area contributed by atoms with E-state index in [1.165, 1.54) is 12.1 Å². The van der Waals surface area contributed by atoms with Gasteiger partial charge in [0.2, 0.25) is 5.95 Å². The molecule has 1 aromatic carbocycles. The molecule has 0 spiro atoms. The van der Waals surface area contributed by atoms with Gasteiger partial charge in [-0.1, -0.05) is 0 Å². The topological polar surface area (TPSA) is 61.6 Å². The molecule has 0 radical (unpaired) electrons. The van der Waals surface area contributed by atoms with Crippen molar-refractivity contribution >= 4 is 5.95 Å². The molecule has 0 aliphatic carbocycles. The smallest absolute Gasteiger partial charge is 0.222 e. The monoisotopic (exact) mass is 242 g/mol. The highest BCUT2D eigenvalue weighted by Gasteiger charge is 2.08. The maximum Gasteiger partial charge on any atom is 0.222 e. The van der Waals surface area contributed by atoms with Gasteiger partial charge in [-0.3, -0.25) is 0 Å². The van der Waals surface area contributed by atoms with Gasteiger partial charge >= 0.3 is 0 Å². The molecule has 0 bridgehead atoms. The molecule has 5 heteroatoms. The van der Waals surface area contributed by atoms with E-state index in [1.807, 2.05) is 13.0 Å². The molecule has 2 aromatic rings. The Morgan fingerprint density at radius 3 is 2.78 bits per heavy atom. The van der Waals surface area contributed by atoms with Gasteiger partial charge in [0.1, 0.15) is 5.82 Å². The summed E-state index contributed by atoms with van der Waals surface area (Å²) >= 11 is 0. The Hall–Kier alpha value is -2.48. The van der Waals surface area contributed by atoms with Gasteiger partial charge in [0, 0.05) is 18.8 Å². The molecule has 1 aromatic heterocycles. The van der Waals surface area contributed by atoms with Crippen LogP contribution in [0.25, 0.3) is 11.3 Å². The molecular weight excluding hydrogens is 231 g/mol. The Morgan fingerprint density at radius 1 is 1.33 bits per heavy atom. The number of aromatic nitrogens is 2. The average Bonchev–Trinajstić information content (AvgIpc) is 2.38. The van der Waals surface area contributed by atoms with Crippen molar-refractivity contribution in [3.63, 3.8) is 0 Å². The van der Waals surface area contributed by atoms with E-state index < -0.39 is 5.82 Å². The second kappa shape index (κ2) is 4.80. The molecule has 0 saturated heterocycles. The van der Waals surface area contributed by atoms with Gasteiger partial charge in [0.05, 0.1) is 17.3 Å². The molecular formula is C13H11FN4. The zero-order valence-electron chi connectivity index (χ0n) is 10.0. The molecule has 0 unspecified atom stereocenters. The summed E-state index contributed by atoms with van der Waals surface area (Å²) in [4.78, 5) is 8.35. The fourth-order valence-corrected chi connectivity index (χ4v) is 1.65. The standard InChI is InChI=1S/C13H11FN4/c1-8-7-17-13(16-2)18-12(8)10-3-9(6-15)4-11(14)5-10/h3-5,7H,1-2H3,(H,16,17,18). The summed E-state index contributed by atoms with van der Waals surface area (Å²) < 4.78 is 13.4. The Bertz CT molecular complexity index is 631. The molecule has 4 nitrogen and oxygen atoms in total. The largest absolute Gasteiger partial charge is 0.357 e. The molecule has 0 amide bonds. The third-order valence-corrected chi connectivity index (χ3v) is 2.50. The molecule has 0 atom stereocenters. The Morgan fingerprint density at radius 2 is 2.11 bits per heavy atom. The number of nitrogens with zero attached hydrogens (tertiary/aromatic N) is 3. The van der Waals surface area contributed by atoms with E-state index in [9.17, 15) is 4.39 Å². The van der Waals surface area contributed by atoms with E-state index in [2.05, 4.69) is 15.3 Å². The van der Waals surface area contributed by atoms with E-state index in [-0.39, 0.29) is 5.56 Å². The van der Waals surface area contributed by atoms with Crippen molar-refractivity contribution in [2.75, 3.05) is 12.4 Å². The van der Waals surface area contributed by atoms with Gasteiger partial charge in [-0.15, -0.1) is 0 Å². The van der Waals surface area contributed by atoms with Crippen molar-refractivity contribution in [2.45, 2.75) is 6.92 Å². The van der Waals surface area contributed by atoms with Crippen LogP contribution in [0.2, 0.25) is 0 Å². The van der Waals surface area contributed by atoms with E-state index in [4.69, 9.17) is 5.26 Å². The van der Waals surface area contributed by atoms with Crippen molar-refractivity contribution < 1.29 is 4.39 Å². The van der Waals surface area contributed by atoms with Gasteiger partial charge in [0.25, 0.3) is 0 Å². The average molecular weight is 242 g/mol. The van der Waals surface area contributed by atoms with Gasteiger partial charge in [0.15, 0.2) is 0 Å². The maximum absolute atomic E-state index is 13.4. The molecule has 90 valence electrons. The van der Waals surface area contributed by atoms with Crippen LogP contribution >= 0.6 is 0 Å². The number of nitrogens with one attached hydrogen (secondary N) is 1. The predicted octanol–water partition coefficient (Wildman–Crippen LogP) is 2.50. The van der Waals surface area contributed by atoms with E-state index in [1.54, 1.807) is 19.3 Å². The first-order valence-electron chi connectivity index (χ1n) is 5.36. The van der Waals surface area contributed by atoms with E-state index in [0.717, 1.165) is 5.56 Å². The molecule has 18 heavy (non-hydrogen) atoms. The highest BCUT2D eigenvalue weighted by atomic mass is 19.1. The van der Waals surface area contributed by atoms with Crippen LogP contribution in [0.1, 0.15) is 11.1 Å².